The first kappa shape index (κ1) is 122. The number of nitrogens with zero attached hydrogens (tertiary/aromatic N) is 11. The summed E-state index contributed by atoms with van der Waals surface area (Å²) in [7, 11) is 2.98. The van der Waals surface area contributed by atoms with Crippen LogP contribution in [-0.2, 0) is 44.7 Å². The number of nitrogen functional groups attached to an aromatic ring is 1. The number of hydrogen-bond donors (Lipinski definition) is 9. The molecule has 5 aliphatic heterocycles. The lowest BCUT2D eigenvalue weighted by molar-refractivity contribution is -0.385. The monoisotopic (exact) mass is 2090 g/mol. The molecule has 0 spiro atoms. The Balaban J connectivity index is 0.000000437. The average Bonchev–Trinajstić information content (AvgIpc) is 1.08. The second-order valence-electron chi connectivity index (χ2n) is 32.1. The number of nitrogens with two attached hydrogens (primary N) is 1. The molecule has 10 N–H and O–H groups in total. The SMILES string of the molecule is C=CC(=O)Nc1cccc(Oc2nc(Cl)ncc2OC)c1.C=CC(=O)Nc1cccc(Oc2nc(Nc3ccc(C[C@H]4CCN(C(C)=O)C4)cc3)ncc2OC)c1.CC(=O)Cl.CC(=O)N1CC[C@H](Nc2ccc(N)cc2)C1.CC(=O)N1CC[C@H](Nc2ccc([N+](=O)[O-])cc2)C1.CC(C)(C)OC(=O)N1CC[C@H](Nc2ccc([N+](=O)[O-])cc2)C1.O=CC(F)(F)F.O=[N+]([O-])c1ccc(N[C@H]2CCNC2)cc1.S.S.S.S. The molecule has 5 fully saturated rings. The molecule has 14 rings (SSSR count). The summed E-state index contributed by atoms with van der Waals surface area (Å²) in [5, 5.41) is 56.3. The topological polar surface area (TPSA) is 499 Å². The van der Waals surface area contributed by atoms with E-state index in [1.807, 2.05) is 67.0 Å². The summed E-state index contributed by atoms with van der Waals surface area (Å²) < 4.78 is 58.6. The molecule has 9 aromatic rings. The maximum absolute atomic E-state index is 12.0. The number of halogens is 5. The molecule has 5 saturated heterocycles. The van der Waals surface area contributed by atoms with Crippen molar-refractivity contribution in [3.8, 4) is 34.8 Å². The Morgan fingerprint density at radius 2 is 0.887 bits per heavy atom. The van der Waals surface area contributed by atoms with Crippen LogP contribution in [-0.4, -0.2) is 217 Å². The Labute approximate surface area is 857 Å². The fourth-order valence-corrected chi connectivity index (χ4v) is 13.7. The highest BCUT2D eigenvalue weighted by atomic mass is 35.5. The zero-order chi connectivity index (χ0) is 101. The number of nitro benzene ring substituents is 3. The summed E-state index contributed by atoms with van der Waals surface area (Å²) in [4.78, 5) is 141. The maximum atomic E-state index is 12.0. The van der Waals surface area contributed by atoms with Crippen molar-refractivity contribution in [1.82, 2.24) is 44.9 Å². The third-order valence-corrected chi connectivity index (χ3v) is 20.4. The van der Waals surface area contributed by atoms with Crippen molar-refractivity contribution in [2.24, 2.45) is 5.92 Å². The quantitative estimate of drug-likeness (QED) is 0.00488. The number of nitro groups is 3. The first-order valence-corrected chi connectivity index (χ1v) is 43.9. The second-order valence-corrected chi connectivity index (χ2v) is 33.0. The van der Waals surface area contributed by atoms with Crippen LogP contribution in [0.25, 0.3) is 0 Å². The molecular formula is C94H119Cl2F3N20O19S4. The van der Waals surface area contributed by atoms with E-state index in [1.165, 1.54) is 87.7 Å². The number of carbonyl (C=O) groups excluding carboxylic acids is 8. The zero-order valence-corrected chi connectivity index (χ0v) is 84.8. The predicted molar refractivity (Wildman–Crippen MR) is 560 cm³/mol. The van der Waals surface area contributed by atoms with Crippen LogP contribution in [0.1, 0.15) is 86.1 Å². The van der Waals surface area contributed by atoms with Gasteiger partial charge in [-0.05, 0) is 210 Å². The number of non-ortho nitro benzene ring substituents is 3. The van der Waals surface area contributed by atoms with Gasteiger partial charge in [0.25, 0.3) is 28.8 Å². The number of aldehydes is 1. The van der Waals surface area contributed by atoms with Crippen molar-refractivity contribution in [2.75, 3.05) is 123 Å². The van der Waals surface area contributed by atoms with E-state index in [-0.39, 0.29) is 146 Å². The molecule has 768 valence electrons. The van der Waals surface area contributed by atoms with E-state index in [0.717, 1.165) is 118 Å². The predicted octanol–water partition coefficient (Wildman–Crippen LogP) is 16.9. The summed E-state index contributed by atoms with van der Waals surface area (Å²) in [5.41, 5.74) is 13.0. The Morgan fingerprint density at radius 1 is 0.521 bits per heavy atom. The van der Waals surface area contributed by atoms with Gasteiger partial charge in [-0.2, -0.15) is 77.1 Å². The molecule has 0 unspecified atom stereocenters. The van der Waals surface area contributed by atoms with Crippen LogP contribution in [0.15, 0.2) is 208 Å². The summed E-state index contributed by atoms with van der Waals surface area (Å²) in [6.45, 7) is 26.4. The highest BCUT2D eigenvalue weighted by Crippen LogP contribution is 2.35. The Morgan fingerprint density at radius 3 is 1.25 bits per heavy atom. The molecule has 7 aromatic carbocycles. The summed E-state index contributed by atoms with van der Waals surface area (Å²) in [6, 6.07) is 49.7. The van der Waals surface area contributed by atoms with E-state index in [2.05, 4.69) is 99.4 Å². The molecule has 5 atom stereocenters. The molecule has 5 aliphatic rings. The molecule has 6 amide bonds. The van der Waals surface area contributed by atoms with E-state index < -0.39 is 27.9 Å². The van der Waals surface area contributed by atoms with E-state index in [4.69, 9.17) is 45.8 Å². The van der Waals surface area contributed by atoms with Gasteiger partial charge in [-0.25, -0.2) is 14.8 Å². The normalized spacial score (nSPS) is 15.4. The van der Waals surface area contributed by atoms with Gasteiger partial charge in [-0.15, -0.1) is 0 Å². The molecule has 0 aliphatic carbocycles. The lowest BCUT2D eigenvalue weighted by Gasteiger charge is -2.24. The largest absolute Gasteiger partial charge is 0.490 e. The van der Waals surface area contributed by atoms with Crippen LogP contribution >= 0.6 is 77.2 Å². The van der Waals surface area contributed by atoms with Crippen LogP contribution in [0.4, 0.5) is 86.5 Å². The number of alkyl halides is 3. The number of nitrogens with one attached hydrogen (secondary N) is 8. The van der Waals surface area contributed by atoms with Crippen LogP contribution < -0.4 is 67.2 Å². The Hall–Kier alpha value is -13.9. The second kappa shape index (κ2) is 61.6. The summed E-state index contributed by atoms with van der Waals surface area (Å²) in [6.07, 6.45) is 5.10. The molecule has 142 heavy (non-hydrogen) atoms. The van der Waals surface area contributed by atoms with Crippen molar-refractivity contribution in [3.63, 3.8) is 0 Å². The fourth-order valence-electron chi connectivity index (χ4n) is 13.6. The molecule has 7 heterocycles. The molecular weight excluding hydrogens is 1970 g/mol. The van der Waals surface area contributed by atoms with Crippen molar-refractivity contribution < 1.29 is 90.0 Å². The molecule has 0 radical (unpaired) electrons. The number of ether oxygens (including phenoxy) is 5. The lowest BCUT2D eigenvalue weighted by atomic mass is 9.98. The van der Waals surface area contributed by atoms with Gasteiger partial charge in [0.2, 0.25) is 52.3 Å². The van der Waals surface area contributed by atoms with Crippen LogP contribution in [0.5, 0.6) is 34.8 Å². The number of anilines is 9. The molecule has 48 heteroatoms. The van der Waals surface area contributed by atoms with Crippen molar-refractivity contribution in [1.29, 1.82) is 0 Å². The highest BCUT2D eigenvalue weighted by Gasteiger charge is 2.32. The Bertz CT molecular complexity index is 5600. The van der Waals surface area contributed by atoms with E-state index in [0.29, 0.717) is 78.0 Å². The number of hydrogen-bond acceptors (Lipinski definition) is 30. The van der Waals surface area contributed by atoms with E-state index in [1.54, 1.807) is 116 Å². The number of likely N-dealkylation sites (tertiary alicyclic amines) is 4. The minimum Gasteiger partial charge on any atom is -0.490 e. The minimum atomic E-state index is -4.64. The van der Waals surface area contributed by atoms with Gasteiger partial charge in [0, 0.05) is 205 Å². The minimum absolute atomic E-state index is 0. The van der Waals surface area contributed by atoms with Gasteiger partial charge in [-0.1, -0.05) is 37.4 Å². The molecule has 0 bridgehead atoms. The molecule has 0 saturated carbocycles. The molecule has 39 nitrogen and oxygen atoms in total. The first-order valence-electron chi connectivity index (χ1n) is 43.1. The van der Waals surface area contributed by atoms with Crippen molar-refractivity contribution in [2.45, 2.75) is 123 Å². The van der Waals surface area contributed by atoms with Gasteiger partial charge >= 0.3 is 12.3 Å². The fraction of sp³-hybridized carbons (Fsp3) is 0.340. The smallest absolute Gasteiger partial charge is 0.446 e. The average molecular weight is 2090 g/mol. The van der Waals surface area contributed by atoms with Gasteiger partial charge in [0.1, 0.15) is 17.1 Å². The number of rotatable bonds is 25. The highest BCUT2D eigenvalue weighted by molar-refractivity contribution is 7.59. The van der Waals surface area contributed by atoms with Crippen LogP contribution in [0.2, 0.25) is 5.28 Å². The van der Waals surface area contributed by atoms with Crippen LogP contribution in [0, 0.1) is 36.3 Å². The van der Waals surface area contributed by atoms with E-state index in [9.17, 15) is 77.1 Å². The van der Waals surface area contributed by atoms with Crippen molar-refractivity contribution in [3.05, 3.63) is 249 Å². The van der Waals surface area contributed by atoms with Crippen LogP contribution in [0.3, 0.4) is 0 Å². The summed E-state index contributed by atoms with van der Waals surface area (Å²) >= 11 is 10.4. The third-order valence-electron chi connectivity index (χ3n) is 20.3. The third kappa shape index (κ3) is 45.1. The zero-order valence-electron chi connectivity index (χ0n) is 79.3. The first-order chi connectivity index (χ1) is 65.5. The Kier molecular flexibility index (Phi) is 53.0. The number of methoxy groups -OCH3 is 2. The standard InChI is InChI=1S/C27H29N5O4.C15H21N3O4.C14H12ClN3O3.C12H15N3O3.C12H17N3O.C10H13N3O2.C2H3ClO.C2HF3O.4H2S/c1-4-25(34)29-22-6-5-7-23(15-22)36-26-24(35-3)16-28-27(31-26)30-21-10-8-19(9-11-21)14-20-12-13-32(17-20)18(2)33;1-15(2,3)22-14(19)17-9-8-12(10-17)16-11-4-6-13(7-5-11)18(20)21;1-3-12(19)17-9-5-4-6-10(7-9)21-13-11(20-2)8-16-14(15)18-13;1-9(16)14-7-6-11(8-14)13-10-2-4-12(5-3-10)15(17)18;1-9(16)15-7-6-12(8-15)14-11-4-2-10(13)3-5-11;14-13(15)10-3-1-8(2-4-10)12-9-5-6-11-7-9;1-2(3)4;3-2(4,5)1-6;;;;/h4-11,15-16,20H,1,12-14,17H2,2-3H3,(H,29,34)(H,28,30,31);4-7,12,16H,8-10H2,1-3H3;3-8H,1H2,2H3,(H,17,19);2-5,11,13H,6-8H2,1H3;2-5,12,14H,6-8,13H2,1H3;1-4,9,11-12H,5-7H2;1H3;1H;4*1H2/t20-;12-;;11-;12-;9-;;;;;;/m10.000....../s1. The van der Waals surface area contributed by atoms with Crippen molar-refractivity contribution >= 4 is 193 Å². The number of carbonyl (C=O) groups is 8. The lowest BCUT2D eigenvalue weighted by Crippen LogP contribution is -2.36. The molecule has 2 aromatic heterocycles. The number of amides is 6. The maximum Gasteiger partial charge on any atom is 0.446 e. The van der Waals surface area contributed by atoms with Gasteiger partial charge in [-0.3, -0.25) is 63.9 Å². The van der Waals surface area contributed by atoms with Gasteiger partial charge < -0.3 is 91.6 Å². The van der Waals surface area contributed by atoms with Gasteiger partial charge in [0.05, 0.1) is 41.4 Å². The summed E-state index contributed by atoms with van der Waals surface area (Å²) in [5.74, 6) is 2.66. The van der Waals surface area contributed by atoms with Gasteiger partial charge in [0.15, 0.2) is 11.5 Å². The number of benzene rings is 7. The van der Waals surface area contributed by atoms with E-state index >= 15 is 0 Å². The number of aromatic nitrogens is 4.